The van der Waals surface area contributed by atoms with E-state index in [2.05, 4.69) is 66.8 Å². The Bertz CT molecular complexity index is 458. The molecule has 0 radical (unpaired) electrons. The first-order valence-corrected chi connectivity index (χ1v) is 5.42. The molecule has 0 unspecified atom stereocenters. The molecule has 0 atom stereocenters. The van der Waals surface area contributed by atoms with Crippen LogP contribution in [-0.4, -0.2) is 0 Å². The SMILES string of the molecule is Cc1cc2cccc(I)c2cc1C. The maximum atomic E-state index is 2.39. The fraction of sp³-hybridized carbons (Fsp3) is 0.167. The molecular formula is C12H11I. The zero-order chi connectivity index (χ0) is 9.42. The van der Waals surface area contributed by atoms with Crippen molar-refractivity contribution in [3.63, 3.8) is 0 Å². The average Bonchev–Trinajstić information content (AvgIpc) is 2.09. The highest BCUT2D eigenvalue weighted by atomic mass is 127. The van der Waals surface area contributed by atoms with Crippen LogP contribution in [0.3, 0.4) is 0 Å². The third-order valence-electron chi connectivity index (χ3n) is 2.44. The van der Waals surface area contributed by atoms with Crippen LogP contribution in [0.5, 0.6) is 0 Å². The maximum absolute atomic E-state index is 2.39. The van der Waals surface area contributed by atoms with Gasteiger partial charge in [0.05, 0.1) is 0 Å². The predicted molar refractivity (Wildman–Crippen MR) is 66.1 cm³/mol. The molecule has 0 nitrogen and oxygen atoms in total. The number of aryl methyl sites for hydroxylation is 2. The molecule has 2 rings (SSSR count). The largest absolute Gasteiger partial charge is 0.0606 e. The molecule has 13 heavy (non-hydrogen) atoms. The average molecular weight is 282 g/mol. The second kappa shape index (κ2) is 3.29. The van der Waals surface area contributed by atoms with Gasteiger partial charge in [-0.3, -0.25) is 0 Å². The Kier molecular flexibility index (Phi) is 2.28. The molecule has 2 aromatic rings. The highest BCUT2D eigenvalue weighted by Crippen LogP contribution is 2.23. The van der Waals surface area contributed by atoms with Crippen LogP contribution in [0.1, 0.15) is 11.1 Å². The first-order valence-electron chi connectivity index (χ1n) is 4.34. The Morgan fingerprint density at radius 1 is 1.00 bits per heavy atom. The summed E-state index contributed by atoms with van der Waals surface area (Å²) < 4.78 is 1.33. The summed E-state index contributed by atoms with van der Waals surface area (Å²) in [6, 6.07) is 11.0. The van der Waals surface area contributed by atoms with Gasteiger partial charge in [-0.2, -0.15) is 0 Å². The molecular weight excluding hydrogens is 271 g/mol. The first-order chi connectivity index (χ1) is 6.18. The van der Waals surface area contributed by atoms with Crippen LogP contribution in [0.25, 0.3) is 10.8 Å². The molecule has 0 N–H and O–H groups in total. The number of hydrogen-bond acceptors (Lipinski definition) is 0. The maximum Gasteiger partial charge on any atom is 0.0208 e. The van der Waals surface area contributed by atoms with Crippen LogP contribution in [0, 0.1) is 17.4 Å². The lowest BCUT2D eigenvalue weighted by Gasteiger charge is -2.04. The standard InChI is InChI=1S/C12H11I/c1-8-6-10-4-3-5-12(13)11(10)7-9(8)2/h3-7H,1-2H3. The van der Waals surface area contributed by atoms with E-state index in [1.165, 1.54) is 25.5 Å². The third kappa shape index (κ3) is 1.57. The molecule has 1 heteroatoms. The normalized spacial score (nSPS) is 10.7. The van der Waals surface area contributed by atoms with Crippen molar-refractivity contribution < 1.29 is 0 Å². The lowest BCUT2D eigenvalue weighted by molar-refractivity contribution is 1.36. The van der Waals surface area contributed by atoms with Crippen molar-refractivity contribution in [3.05, 3.63) is 45.0 Å². The van der Waals surface area contributed by atoms with Crippen molar-refractivity contribution >= 4 is 33.4 Å². The second-order valence-electron chi connectivity index (χ2n) is 3.40. The van der Waals surface area contributed by atoms with Gasteiger partial charge in [-0.1, -0.05) is 24.3 Å². The van der Waals surface area contributed by atoms with E-state index >= 15 is 0 Å². The second-order valence-corrected chi connectivity index (χ2v) is 4.56. The third-order valence-corrected chi connectivity index (χ3v) is 3.38. The minimum absolute atomic E-state index is 1.33. The van der Waals surface area contributed by atoms with Crippen LogP contribution in [0.15, 0.2) is 30.3 Å². The molecule has 0 aromatic heterocycles. The summed E-state index contributed by atoms with van der Waals surface area (Å²) in [6.45, 7) is 4.33. The van der Waals surface area contributed by atoms with Crippen molar-refractivity contribution in [1.29, 1.82) is 0 Å². The Labute approximate surface area is 92.1 Å². The Morgan fingerprint density at radius 3 is 2.46 bits per heavy atom. The summed E-state index contributed by atoms with van der Waals surface area (Å²) in [5.41, 5.74) is 2.74. The highest BCUT2D eigenvalue weighted by Gasteiger charge is 1.99. The molecule has 0 fully saturated rings. The van der Waals surface area contributed by atoms with Crippen molar-refractivity contribution in [3.8, 4) is 0 Å². The zero-order valence-corrected chi connectivity index (χ0v) is 9.92. The molecule has 0 amide bonds. The molecule has 0 saturated heterocycles. The zero-order valence-electron chi connectivity index (χ0n) is 7.76. The van der Waals surface area contributed by atoms with Crippen LogP contribution >= 0.6 is 22.6 Å². The number of fused-ring (bicyclic) bond motifs is 1. The molecule has 0 spiro atoms. The first kappa shape index (κ1) is 9.00. The van der Waals surface area contributed by atoms with Crippen LogP contribution in [0.4, 0.5) is 0 Å². The van der Waals surface area contributed by atoms with Gasteiger partial charge in [0.25, 0.3) is 0 Å². The van der Waals surface area contributed by atoms with Gasteiger partial charge >= 0.3 is 0 Å². The van der Waals surface area contributed by atoms with E-state index in [1.807, 2.05) is 0 Å². The van der Waals surface area contributed by atoms with E-state index in [4.69, 9.17) is 0 Å². The highest BCUT2D eigenvalue weighted by molar-refractivity contribution is 14.1. The van der Waals surface area contributed by atoms with Crippen molar-refractivity contribution in [1.82, 2.24) is 0 Å². The summed E-state index contributed by atoms with van der Waals surface area (Å²) in [6.07, 6.45) is 0. The lowest BCUT2D eigenvalue weighted by atomic mass is 10.0. The summed E-state index contributed by atoms with van der Waals surface area (Å²) in [7, 11) is 0. The molecule has 0 aliphatic carbocycles. The van der Waals surface area contributed by atoms with Crippen LogP contribution in [-0.2, 0) is 0 Å². The summed E-state index contributed by atoms with van der Waals surface area (Å²) in [4.78, 5) is 0. The van der Waals surface area contributed by atoms with Gasteiger partial charge in [-0.25, -0.2) is 0 Å². The topological polar surface area (TPSA) is 0 Å². The van der Waals surface area contributed by atoms with E-state index in [9.17, 15) is 0 Å². The lowest BCUT2D eigenvalue weighted by Crippen LogP contribution is -1.83. The Hall–Kier alpha value is -0.570. The molecule has 0 aliphatic heterocycles. The van der Waals surface area contributed by atoms with Crippen LogP contribution in [0.2, 0.25) is 0 Å². The fourth-order valence-corrected chi connectivity index (χ4v) is 2.18. The van der Waals surface area contributed by atoms with Gasteiger partial charge in [0.15, 0.2) is 0 Å². The van der Waals surface area contributed by atoms with Crippen molar-refractivity contribution in [2.24, 2.45) is 0 Å². The van der Waals surface area contributed by atoms with Crippen LogP contribution < -0.4 is 0 Å². The van der Waals surface area contributed by atoms with Gasteiger partial charge in [0.1, 0.15) is 0 Å². The number of benzene rings is 2. The number of rotatable bonds is 0. The fourth-order valence-electron chi connectivity index (χ4n) is 1.51. The molecule has 66 valence electrons. The summed E-state index contributed by atoms with van der Waals surface area (Å²) >= 11 is 2.39. The van der Waals surface area contributed by atoms with E-state index in [0.29, 0.717) is 0 Å². The Morgan fingerprint density at radius 2 is 1.69 bits per heavy atom. The van der Waals surface area contributed by atoms with E-state index < -0.39 is 0 Å². The van der Waals surface area contributed by atoms with Gasteiger partial charge in [0.2, 0.25) is 0 Å². The smallest absolute Gasteiger partial charge is 0.0208 e. The molecule has 2 aromatic carbocycles. The van der Waals surface area contributed by atoms with E-state index in [1.54, 1.807) is 0 Å². The molecule has 0 heterocycles. The van der Waals surface area contributed by atoms with E-state index in [-0.39, 0.29) is 0 Å². The van der Waals surface area contributed by atoms with Gasteiger partial charge in [-0.15, -0.1) is 0 Å². The monoisotopic (exact) mass is 282 g/mol. The predicted octanol–water partition coefficient (Wildman–Crippen LogP) is 4.06. The van der Waals surface area contributed by atoms with Gasteiger partial charge in [-0.05, 0) is 64.4 Å². The summed E-state index contributed by atoms with van der Waals surface area (Å²) in [5.74, 6) is 0. The quantitative estimate of drug-likeness (QED) is 0.639. The Balaban J connectivity index is 2.89. The van der Waals surface area contributed by atoms with Gasteiger partial charge in [0, 0.05) is 3.57 Å². The van der Waals surface area contributed by atoms with Crippen molar-refractivity contribution in [2.45, 2.75) is 13.8 Å². The minimum Gasteiger partial charge on any atom is -0.0606 e. The summed E-state index contributed by atoms with van der Waals surface area (Å²) in [5, 5.41) is 2.71. The van der Waals surface area contributed by atoms with E-state index in [0.717, 1.165) is 0 Å². The van der Waals surface area contributed by atoms with Gasteiger partial charge < -0.3 is 0 Å². The number of hydrogen-bond donors (Lipinski definition) is 0. The molecule has 0 saturated carbocycles. The molecule has 0 bridgehead atoms. The minimum atomic E-state index is 1.33. The molecule has 0 aliphatic rings. The van der Waals surface area contributed by atoms with Crippen molar-refractivity contribution in [2.75, 3.05) is 0 Å². The number of halogens is 1.